The second kappa shape index (κ2) is 12.9. The maximum absolute atomic E-state index is 13.9. The number of benzene rings is 2. The van der Waals surface area contributed by atoms with Crippen molar-refractivity contribution in [3.8, 4) is 5.75 Å². The Labute approximate surface area is 237 Å². The number of ether oxygens (including phenoxy) is 1. The van der Waals surface area contributed by atoms with Crippen LogP contribution in [0.25, 0.3) is 0 Å². The van der Waals surface area contributed by atoms with E-state index in [0.717, 1.165) is 33.5 Å². The predicted molar refractivity (Wildman–Crippen MR) is 136 cm³/mol. The molecule has 3 amide bonds. The number of hydrogen-bond donors (Lipinski definition) is 3. The van der Waals surface area contributed by atoms with Gasteiger partial charge in [0.05, 0.1) is 4.90 Å². The van der Waals surface area contributed by atoms with Crippen LogP contribution in [0, 0.1) is 0 Å². The number of halogens is 5. The third-order valence-electron chi connectivity index (χ3n) is 6.26. The molecule has 0 spiro atoms. The molecule has 1 heterocycles. The van der Waals surface area contributed by atoms with Crippen LogP contribution in [0.2, 0.25) is 0 Å². The van der Waals surface area contributed by atoms with E-state index in [4.69, 9.17) is 5.11 Å². The summed E-state index contributed by atoms with van der Waals surface area (Å²) in [5.74, 6) is -5.91. The molecule has 1 aliphatic rings. The topological polar surface area (TPSA) is 145 Å². The summed E-state index contributed by atoms with van der Waals surface area (Å²) >= 11 is 0. The number of piperazine rings is 1. The molecule has 1 atom stereocenters. The number of nitrogens with one attached hydrogen (secondary N) is 2. The minimum Gasteiger partial charge on any atom is -0.480 e. The molecular weight excluding hydrogens is 595 g/mol. The highest BCUT2D eigenvalue weighted by atomic mass is 32.2. The van der Waals surface area contributed by atoms with Crippen LogP contribution in [-0.4, -0.2) is 79.2 Å². The zero-order chi connectivity index (χ0) is 31.3. The number of nitrogens with zero attached hydrogens (tertiary/aromatic N) is 2. The SMILES string of the molecule is CCC(F)(F)c1ccc(CNC(=O)[C@H]2CN(C(=O)NCC(=O)O)CCN2S(=O)(=O)c2ccc(OC(F)(F)F)cc2)cc1. The second-order valence-electron chi connectivity index (χ2n) is 9.12. The van der Waals surface area contributed by atoms with Crippen molar-refractivity contribution in [2.75, 3.05) is 26.2 Å². The van der Waals surface area contributed by atoms with Crippen LogP contribution in [0.15, 0.2) is 53.4 Å². The fourth-order valence-electron chi connectivity index (χ4n) is 4.04. The summed E-state index contributed by atoms with van der Waals surface area (Å²) in [7, 11) is -4.50. The van der Waals surface area contributed by atoms with Gasteiger partial charge in [-0.15, -0.1) is 13.2 Å². The molecule has 0 bridgehead atoms. The number of alkyl halides is 5. The fraction of sp³-hybridized carbons (Fsp3) is 0.400. The maximum atomic E-state index is 13.9. The van der Waals surface area contributed by atoms with E-state index in [1.54, 1.807) is 0 Å². The molecule has 1 aliphatic heterocycles. The van der Waals surface area contributed by atoms with Gasteiger partial charge in [0.2, 0.25) is 15.9 Å². The number of carbonyl (C=O) groups excluding carboxylic acids is 2. The van der Waals surface area contributed by atoms with Gasteiger partial charge in [-0.2, -0.15) is 4.31 Å². The van der Waals surface area contributed by atoms with Crippen molar-refractivity contribution < 1.29 is 54.6 Å². The Morgan fingerprint density at radius 3 is 2.14 bits per heavy atom. The summed E-state index contributed by atoms with van der Waals surface area (Å²) in [4.78, 5) is 37.1. The van der Waals surface area contributed by atoms with E-state index in [2.05, 4.69) is 15.4 Å². The van der Waals surface area contributed by atoms with Crippen LogP contribution in [0.3, 0.4) is 0 Å². The monoisotopic (exact) mass is 622 g/mol. The van der Waals surface area contributed by atoms with Gasteiger partial charge >= 0.3 is 18.4 Å². The summed E-state index contributed by atoms with van der Waals surface area (Å²) in [5, 5.41) is 13.4. The van der Waals surface area contributed by atoms with Crippen LogP contribution in [0.4, 0.5) is 26.7 Å². The molecule has 3 N–H and O–H groups in total. The second-order valence-corrected chi connectivity index (χ2v) is 11.0. The molecular formula is C25H27F5N4O7S. The van der Waals surface area contributed by atoms with Crippen molar-refractivity contribution in [1.82, 2.24) is 19.8 Å². The van der Waals surface area contributed by atoms with Gasteiger partial charge in [-0.05, 0) is 29.8 Å². The third-order valence-corrected chi connectivity index (χ3v) is 8.19. The van der Waals surface area contributed by atoms with Crippen molar-refractivity contribution in [1.29, 1.82) is 0 Å². The fourth-order valence-corrected chi connectivity index (χ4v) is 5.61. The average Bonchev–Trinajstić information content (AvgIpc) is 2.93. The van der Waals surface area contributed by atoms with Crippen molar-refractivity contribution in [3.05, 3.63) is 59.7 Å². The average molecular weight is 623 g/mol. The van der Waals surface area contributed by atoms with Crippen LogP contribution >= 0.6 is 0 Å². The molecule has 2 aromatic rings. The molecule has 0 radical (unpaired) electrons. The highest BCUT2D eigenvalue weighted by Crippen LogP contribution is 2.31. The number of sulfonamides is 1. The molecule has 42 heavy (non-hydrogen) atoms. The molecule has 230 valence electrons. The Kier molecular flexibility index (Phi) is 9.98. The van der Waals surface area contributed by atoms with E-state index >= 15 is 0 Å². The normalized spacial score (nSPS) is 16.5. The van der Waals surface area contributed by atoms with Gasteiger partial charge in [0.25, 0.3) is 5.92 Å². The molecule has 3 rings (SSSR count). The Bertz CT molecular complexity index is 1390. The lowest BCUT2D eigenvalue weighted by Crippen LogP contribution is -2.62. The maximum Gasteiger partial charge on any atom is 0.573 e. The number of carboxylic acid groups (broad SMARTS) is 1. The number of rotatable bonds is 10. The lowest BCUT2D eigenvalue weighted by molar-refractivity contribution is -0.274. The standard InChI is InChI=1S/C25H27F5N4O7S/c1-2-24(26,27)17-5-3-16(4-6-17)13-31-22(37)20-15-33(23(38)32-14-21(35)36)11-12-34(20)42(39,40)19-9-7-18(8-10-19)41-25(28,29)30/h3-10,20H,2,11-15H2,1H3,(H,31,37)(H,32,38)(H,35,36)/t20-/m1/s1. The first-order valence-corrected chi connectivity index (χ1v) is 13.8. The van der Waals surface area contributed by atoms with Crippen molar-refractivity contribution >= 4 is 27.9 Å². The molecule has 1 saturated heterocycles. The first-order chi connectivity index (χ1) is 19.5. The molecule has 0 unspecified atom stereocenters. The zero-order valence-electron chi connectivity index (χ0n) is 22.0. The predicted octanol–water partition coefficient (Wildman–Crippen LogP) is 2.87. The molecule has 0 aromatic heterocycles. The Hall–Kier alpha value is -3.99. The van der Waals surface area contributed by atoms with E-state index in [0.29, 0.717) is 5.56 Å². The number of amides is 3. The van der Waals surface area contributed by atoms with E-state index in [-0.39, 0.29) is 18.7 Å². The number of aliphatic carboxylic acids is 1. The number of urea groups is 1. The summed E-state index contributed by atoms with van der Waals surface area (Å²) in [5.41, 5.74) is 0.194. The van der Waals surface area contributed by atoms with Gasteiger partial charge < -0.3 is 25.4 Å². The van der Waals surface area contributed by atoms with Crippen LogP contribution < -0.4 is 15.4 Å². The smallest absolute Gasteiger partial charge is 0.480 e. The highest BCUT2D eigenvalue weighted by Gasteiger charge is 2.41. The number of carboxylic acids is 1. The van der Waals surface area contributed by atoms with Gasteiger partial charge in [-0.25, -0.2) is 22.0 Å². The van der Waals surface area contributed by atoms with E-state index in [9.17, 15) is 44.8 Å². The largest absolute Gasteiger partial charge is 0.573 e. The van der Waals surface area contributed by atoms with E-state index in [1.165, 1.54) is 31.2 Å². The molecule has 1 fully saturated rings. The Morgan fingerprint density at radius 1 is 0.976 bits per heavy atom. The lowest BCUT2D eigenvalue weighted by atomic mass is 10.0. The van der Waals surface area contributed by atoms with Crippen LogP contribution in [0.1, 0.15) is 24.5 Å². The molecule has 11 nitrogen and oxygen atoms in total. The van der Waals surface area contributed by atoms with Crippen molar-refractivity contribution in [2.24, 2.45) is 0 Å². The van der Waals surface area contributed by atoms with Gasteiger partial charge in [0.1, 0.15) is 18.3 Å². The zero-order valence-corrected chi connectivity index (χ0v) is 22.8. The summed E-state index contributed by atoms with van der Waals surface area (Å²) in [6, 6.07) is 6.04. The summed E-state index contributed by atoms with van der Waals surface area (Å²) < 4.78 is 96.7. The van der Waals surface area contributed by atoms with Crippen LogP contribution in [-0.2, 0) is 32.1 Å². The molecule has 2 aromatic carbocycles. The minimum atomic E-state index is -5.00. The molecule has 0 aliphatic carbocycles. The highest BCUT2D eigenvalue weighted by molar-refractivity contribution is 7.89. The van der Waals surface area contributed by atoms with E-state index in [1.807, 2.05) is 0 Å². The third kappa shape index (κ3) is 8.28. The number of hydrogen-bond acceptors (Lipinski definition) is 6. The minimum absolute atomic E-state index is 0.185. The van der Waals surface area contributed by atoms with Gasteiger partial charge in [0.15, 0.2) is 0 Å². The van der Waals surface area contributed by atoms with Crippen LogP contribution in [0.5, 0.6) is 5.75 Å². The Balaban J connectivity index is 1.82. The van der Waals surface area contributed by atoms with Gasteiger partial charge in [0, 0.05) is 38.2 Å². The van der Waals surface area contributed by atoms with Gasteiger partial charge in [-0.3, -0.25) is 9.59 Å². The first kappa shape index (κ1) is 32.5. The molecule has 17 heteroatoms. The van der Waals surface area contributed by atoms with Gasteiger partial charge in [-0.1, -0.05) is 31.2 Å². The molecule has 0 saturated carbocycles. The number of carbonyl (C=O) groups is 3. The first-order valence-electron chi connectivity index (χ1n) is 12.4. The quantitative estimate of drug-likeness (QED) is 0.346. The van der Waals surface area contributed by atoms with E-state index < -0.39 is 83.0 Å². The van der Waals surface area contributed by atoms with Crippen molar-refractivity contribution in [3.63, 3.8) is 0 Å². The Morgan fingerprint density at radius 2 is 1.60 bits per heavy atom. The van der Waals surface area contributed by atoms with Crippen molar-refractivity contribution in [2.45, 2.75) is 43.1 Å². The summed E-state index contributed by atoms with van der Waals surface area (Å²) in [6.45, 7) is -0.732. The summed E-state index contributed by atoms with van der Waals surface area (Å²) in [6.07, 6.45) is -5.41. The lowest BCUT2D eigenvalue weighted by Gasteiger charge is -2.39.